The van der Waals surface area contributed by atoms with Gasteiger partial charge in [0.05, 0.1) is 12.1 Å². The van der Waals surface area contributed by atoms with E-state index in [-0.39, 0.29) is 29.8 Å². The maximum absolute atomic E-state index is 12.7. The standard InChI is InChI=1S/C20H28N6O2/c1-13(2)24-20(28)25-16-6-4-14(5-7-16)8-22-19(27)18-11-21-10-17(18)15-9-23-26(3)12-15/h4-7,9,12-13,17-18,21H,8,10-11H2,1-3H3,(H,22,27)(H2,24,25,28)/t17-,18+/m1/s1. The maximum atomic E-state index is 12.7. The van der Waals surface area contributed by atoms with Crippen molar-refractivity contribution >= 4 is 17.6 Å². The van der Waals surface area contributed by atoms with Crippen molar-refractivity contribution in [2.45, 2.75) is 32.4 Å². The number of nitrogens with zero attached hydrogens (tertiary/aromatic N) is 2. The topological polar surface area (TPSA) is 100 Å². The van der Waals surface area contributed by atoms with Crippen LogP contribution >= 0.6 is 0 Å². The van der Waals surface area contributed by atoms with Gasteiger partial charge in [-0.1, -0.05) is 12.1 Å². The van der Waals surface area contributed by atoms with Gasteiger partial charge in [-0.05, 0) is 37.1 Å². The van der Waals surface area contributed by atoms with Crippen molar-refractivity contribution in [3.63, 3.8) is 0 Å². The summed E-state index contributed by atoms with van der Waals surface area (Å²) in [4.78, 5) is 24.4. The van der Waals surface area contributed by atoms with Gasteiger partial charge in [0.2, 0.25) is 5.91 Å². The van der Waals surface area contributed by atoms with E-state index in [4.69, 9.17) is 0 Å². The van der Waals surface area contributed by atoms with Crippen molar-refractivity contribution < 1.29 is 9.59 Å². The summed E-state index contributed by atoms with van der Waals surface area (Å²) >= 11 is 0. The van der Waals surface area contributed by atoms with Gasteiger partial charge in [-0.2, -0.15) is 5.10 Å². The molecule has 2 aromatic rings. The van der Waals surface area contributed by atoms with Gasteiger partial charge in [-0.25, -0.2) is 4.79 Å². The Morgan fingerprint density at radius 2 is 2.00 bits per heavy atom. The Balaban J connectivity index is 1.52. The molecule has 0 aliphatic carbocycles. The molecule has 1 aromatic carbocycles. The number of aryl methyl sites for hydroxylation is 1. The number of nitrogens with one attached hydrogen (secondary N) is 4. The summed E-state index contributed by atoms with van der Waals surface area (Å²) in [5.74, 6) is 0.0713. The third-order valence-corrected chi connectivity index (χ3v) is 4.80. The third kappa shape index (κ3) is 5.10. The molecule has 0 spiro atoms. The molecule has 4 N–H and O–H groups in total. The highest BCUT2D eigenvalue weighted by atomic mass is 16.2. The Bertz CT molecular complexity index is 814. The van der Waals surface area contributed by atoms with Gasteiger partial charge < -0.3 is 21.3 Å². The van der Waals surface area contributed by atoms with E-state index in [0.29, 0.717) is 18.8 Å². The molecule has 1 aromatic heterocycles. The molecular weight excluding hydrogens is 356 g/mol. The number of hydrogen-bond donors (Lipinski definition) is 4. The highest BCUT2D eigenvalue weighted by molar-refractivity contribution is 5.89. The molecular formula is C20H28N6O2. The lowest BCUT2D eigenvalue weighted by atomic mass is 9.90. The SMILES string of the molecule is CC(C)NC(=O)Nc1ccc(CNC(=O)[C@H]2CNC[C@@H]2c2cnn(C)c2)cc1. The largest absolute Gasteiger partial charge is 0.352 e. The van der Waals surface area contributed by atoms with Crippen LogP contribution in [0.1, 0.15) is 30.9 Å². The summed E-state index contributed by atoms with van der Waals surface area (Å²) in [5.41, 5.74) is 2.78. The zero-order chi connectivity index (χ0) is 20.1. The zero-order valence-corrected chi connectivity index (χ0v) is 16.5. The second-order valence-corrected chi connectivity index (χ2v) is 7.49. The Kier molecular flexibility index (Phi) is 6.30. The highest BCUT2D eigenvalue weighted by Gasteiger charge is 2.34. The van der Waals surface area contributed by atoms with Crippen LogP contribution < -0.4 is 21.3 Å². The normalized spacial score (nSPS) is 18.9. The molecule has 1 aliphatic rings. The molecule has 1 saturated heterocycles. The summed E-state index contributed by atoms with van der Waals surface area (Å²) in [6, 6.07) is 7.31. The molecule has 0 radical (unpaired) electrons. The Hall–Kier alpha value is -2.87. The lowest BCUT2D eigenvalue weighted by molar-refractivity contribution is -0.125. The number of carbonyl (C=O) groups is 2. The average molecular weight is 384 g/mol. The van der Waals surface area contributed by atoms with Crippen LogP contribution in [0, 0.1) is 5.92 Å². The number of urea groups is 1. The molecule has 2 atom stereocenters. The fourth-order valence-corrected chi connectivity index (χ4v) is 3.39. The fraction of sp³-hybridized carbons (Fsp3) is 0.450. The van der Waals surface area contributed by atoms with Gasteiger partial charge in [0.15, 0.2) is 0 Å². The number of amides is 3. The molecule has 3 rings (SSSR count). The number of carbonyl (C=O) groups excluding carboxylic acids is 2. The molecule has 1 aliphatic heterocycles. The molecule has 2 heterocycles. The Labute approximate surface area is 165 Å². The van der Waals surface area contributed by atoms with Crippen LogP contribution in [0.25, 0.3) is 0 Å². The minimum absolute atomic E-state index is 0.0392. The Morgan fingerprint density at radius 3 is 2.64 bits per heavy atom. The molecule has 8 nitrogen and oxygen atoms in total. The van der Waals surface area contributed by atoms with Crippen LogP contribution in [0.4, 0.5) is 10.5 Å². The lowest BCUT2D eigenvalue weighted by Crippen LogP contribution is -2.34. The quantitative estimate of drug-likeness (QED) is 0.607. The summed E-state index contributed by atoms with van der Waals surface area (Å²) < 4.78 is 1.76. The van der Waals surface area contributed by atoms with Crippen LogP contribution in [-0.4, -0.2) is 40.9 Å². The first-order chi connectivity index (χ1) is 13.4. The molecule has 0 saturated carbocycles. The van der Waals surface area contributed by atoms with Crippen molar-refractivity contribution in [2.75, 3.05) is 18.4 Å². The van der Waals surface area contributed by atoms with Gasteiger partial charge in [0, 0.05) is 50.5 Å². The van der Waals surface area contributed by atoms with E-state index < -0.39 is 0 Å². The summed E-state index contributed by atoms with van der Waals surface area (Å²) in [7, 11) is 1.88. The first-order valence-corrected chi connectivity index (χ1v) is 9.56. The van der Waals surface area contributed by atoms with Gasteiger partial charge in [-0.3, -0.25) is 9.48 Å². The number of benzene rings is 1. The predicted molar refractivity (Wildman–Crippen MR) is 108 cm³/mol. The van der Waals surface area contributed by atoms with E-state index in [2.05, 4.69) is 26.4 Å². The minimum atomic E-state index is -0.230. The smallest absolute Gasteiger partial charge is 0.319 e. The predicted octanol–water partition coefficient (Wildman–Crippen LogP) is 1.57. The molecule has 150 valence electrons. The van der Waals surface area contributed by atoms with Crippen LogP contribution in [0.15, 0.2) is 36.7 Å². The summed E-state index contributed by atoms with van der Waals surface area (Å²) in [6.45, 7) is 5.71. The highest BCUT2D eigenvalue weighted by Crippen LogP contribution is 2.28. The van der Waals surface area contributed by atoms with Crippen LogP contribution in [0.3, 0.4) is 0 Å². The monoisotopic (exact) mass is 384 g/mol. The number of aromatic nitrogens is 2. The second-order valence-electron chi connectivity index (χ2n) is 7.49. The van der Waals surface area contributed by atoms with Gasteiger partial charge >= 0.3 is 6.03 Å². The molecule has 0 bridgehead atoms. The first kappa shape index (κ1) is 19.9. The second kappa shape index (κ2) is 8.88. The molecule has 28 heavy (non-hydrogen) atoms. The van der Waals surface area contributed by atoms with E-state index in [1.807, 2.05) is 57.6 Å². The minimum Gasteiger partial charge on any atom is -0.352 e. The van der Waals surface area contributed by atoms with Crippen molar-refractivity contribution in [1.29, 1.82) is 0 Å². The first-order valence-electron chi connectivity index (χ1n) is 9.56. The Morgan fingerprint density at radius 1 is 1.25 bits per heavy atom. The molecule has 3 amide bonds. The number of rotatable bonds is 6. The molecule has 0 unspecified atom stereocenters. The van der Waals surface area contributed by atoms with Crippen LogP contribution in [0.5, 0.6) is 0 Å². The summed E-state index contributed by atoms with van der Waals surface area (Å²) in [6.07, 6.45) is 3.80. The van der Waals surface area contributed by atoms with E-state index >= 15 is 0 Å². The van der Waals surface area contributed by atoms with E-state index in [1.54, 1.807) is 4.68 Å². The fourth-order valence-electron chi connectivity index (χ4n) is 3.39. The number of hydrogen-bond acceptors (Lipinski definition) is 4. The number of anilines is 1. The van der Waals surface area contributed by atoms with Crippen molar-refractivity contribution in [3.8, 4) is 0 Å². The van der Waals surface area contributed by atoms with E-state index in [0.717, 1.165) is 17.7 Å². The van der Waals surface area contributed by atoms with Crippen molar-refractivity contribution in [2.24, 2.45) is 13.0 Å². The maximum Gasteiger partial charge on any atom is 0.319 e. The van der Waals surface area contributed by atoms with Crippen LogP contribution in [0.2, 0.25) is 0 Å². The third-order valence-electron chi connectivity index (χ3n) is 4.80. The van der Waals surface area contributed by atoms with Gasteiger partial charge in [0.25, 0.3) is 0 Å². The molecule has 8 heteroatoms. The summed E-state index contributed by atoms with van der Waals surface area (Å²) in [5, 5.41) is 16.1. The molecule has 1 fully saturated rings. The van der Waals surface area contributed by atoms with Crippen molar-refractivity contribution in [3.05, 3.63) is 47.8 Å². The van der Waals surface area contributed by atoms with Gasteiger partial charge in [-0.15, -0.1) is 0 Å². The average Bonchev–Trinajstić information content (AvgIpc) is 3.28. The van der Waals surface area contributed by atoms with E-state index in [1.165, 1.54) is 0 Å². The van der Waals surface area contributed by atoms with Crippen LogP contribution in [-0.2, 0) is 18.4 Å². The lowest BCUT2D eigenvalue weighted by Gasteiger charge is -2.17. The van der Waals surface area contributed by atoms with Gasteiger partial charge in [0.1, 0.15) is 0 Å². The van der Waals surface area contributed by atoms with Crippen molar-refractivity contribution in [1.82, 2.24) is 25.7 Å². The van der Waals surface area contributed by atoms with E-state index in [9.17, 15) is 9.59 Å². The zero-order valence-electron chi connectivity index (χ0n) is 16.5.